The van der Waals surface area contributed by atoms with Gasteiger partial charge in [-0.05, 0) is 0 Å². The van der Waals surface area contributed by atoms with Gasteiger partial charge in [0.15, 0.2) is 15.8 Å². The maximum absolute atomic E-state index is 11.1. The molecule has 0 radical (unpaired) electrons. The molecule has 0 amide bonds. The fourth-order valence-electron chi connectivity index (χ4n) is 1.08. The van der Waals surface area contributed by atoms with Crippen LogP contribution in [0.25, 0.3) is 5.65 Å². The number of halogens is 1. The van der Waals surface area contributed by atoms with Crippen LogP contribution in [0.5, 0.6) is 0 Å². The van der Waals surface area contributed by atoms with Crippen molar-refractivity contribution in [3.8, 4) is 0 Å². The first-order chi connectivity index (χ1) is 6.50. The molecule has 2 aromatic heterocycles. The van der Waals surface area contributed by atoms with E-state index in [1.165, 1.54) is 16.8 Å². The lowest BCUT2D eigenvalue weighted by Gasteiger charge is -1.98. The van der Waals surface area contributed by atoms with Crippen LogP contribution in [-0.4, -0.2) is 22.8 Å². The van der Waals surface area contributed by atoms with Crippen molar-refractivity contribution in [2.24, 2.45) is 5.14 Å². The average molecular weight is 233 g/mol. The Balaban J connectivity index is 2.90. The van der Waals surface area contributed by atoms with Crippen molar-refractivity contribution in [1.82, 2.24) is 14.4 Å². The van der Waals surface area contributed by atoms with Gasteiger partial charge in [0.05, 0.1) is 6.20 Å². The van der Waals surface area contributed by atoms with E-state index in [1.807, 2.05) is 0 Å². The number of hydrogen-bond acceptors (Lipinski definition) is 4. The molecular weight excluding hydrogens is 228 g/mol. The van der Waals surface area contributed by atoms with Gasteiger partial charge in [-0.1, -0.05) is 11.6 Å². The Morgan fingerprint density at radius 2 is 2.14 bits per heavy atom. The third-order valence-corrected chi connectivity index (χ3v) is 2.79. The Hall–Kier alpha value is -1.18. The van der Waals surface area contributed by atoms with E-state index < -0.39 is 10.0 Å². The molecular formula is C6H5ClN4O2S. The molecule has 74 valence electrons. The van der Waals surface area contributed by atoms with Gasteiger partial charge in [0, 0.05) is 12.4 Å². The SMILES string of the molecule is NS(=O)(=O)c1cnc2c(Cl)nccn12. The number of primary sulfonamides is 1. The summed E-state index contributed by atoms with van der Waals surface area (Å²) < 4.78 is 23.4. The summed E-state index contributed by atoms with van der Waals surface area (Å²) in [7, 11) is -3.79. The van der Waals surface area contributed by atoms with E-state index in [-0.39, 0.29) is 15.8 Å². The number of nitrogens with zero attached hydrogens (tertiary/aromatic N) is 3. The van der Waals surface area contributed by atoms with Crippen LogP contribution in [0.2, 0.25) is 5.15 Å². The minimum atomic E-state index is -3.79. The van der Waals surface area contributed by atoms with E-state index in [0.29, 0.717) is 0 Å². The highest BCUT2D eigenvalue weighted by molar-refractivity contribution is 7.89. The summed E-state index contributed by atoms with van der Waals surface area (Å²) in [6.45, 7) is 0. The van der Waals surface area contributed by atoms with E-state index in [0.717, 1.165) is 6.20 Å². The summed E-state index contributed by atoms with van der Waals surface area (Å²) in [4.78, 5) is 7.54. The van der Waals surface area contributed by atoms with Crippen LogP contribution in [0, 0.1) is 0 Å². The maximum atomic E-state index is 11.1. The van der Waals surface area contributed by atoms with Crippen molar-refractivity contribution in [2.45, 2.75) is 5.03 Å². The standard InChI is InChI=1S/C6H5ClN4O2S/c7-5-6-10-3-4(14(8,12)13)11(6)2-1-9-5/h1-3H,(H2,8,12,13). The molecule has 0 saturated carbocycles. The Bertz CT molecular complexity index is 591. The highest BCUT2D eigenvalue weighted by Crippen LogP contribution is 2.15. The Morgan fingerprint density at radius 3 is 2.79 bits per heavy atom. The monoisotopic (exact) mass is 232 g/mol. The minimum Gasteiger partial charge on any atom is -0.285 e. The van der Waals surface area contributed by atoms with Crippen LogP contribution in [0.15, 0.2) is 23.6 Å². The van der Waals surface area contributed by atoms with Crippen LogP contribution >= 0.6 is 11.6 Å². The maximum Gasteiger partial charge on any atom is 0.255 e. The normalized spacial score (nSPS) is 12.1. The number of imidazole rings is 1. The van der Waals surface area contributed by atoms with Crippen LogP contribution in [0.3, 0.4) is 0 Å². The lowest BCUT2D eigenvalue weighted by atomic mass is 10.7. The van der Waals surface area contributed by atoms with Crippen molar-refractivity contribution in [1.29, 1.82) is 0 Å². The molecule has 0 saturated heterocycles. The largest absolute Gasteiger partial charge is 0.285 e. The van der Waals surface area contributed by atoms with Gasteiger partial charge >= 0.3 is 0 Å². The summed E-state index contributed by atoms with van der Waals surface area (Å²) in [5, 5.41) is 4.98. The smallest absolute Gasteiger partial charge is 0.255 e. The summed E-state index contributed by atoms with van der Waals surface area (Å²) in [5.74, 6) is 0. The van der Waals surface area contributed by atoms with Gasteiger partial charge in [0.2, 0.25) is 0 Å². The molecule has 2 aromatic rings. The second-order valence-electron chi connectivity index (χ2n) is 2.55. The topological polar surface area (TPSA) is 90.4 Å². The van der Waals surface area contributed by atoms with E-state index in [2.05, 4.69) is 9.97 Å². The zero-order valence-corrected chi connectivity index (χ0v) is 8.33. The van der Waals surface area contributed by atoms with E-state index in [4.69, 9.17) is 16.7 Å². The van der Waals surface area contributed by atoms with Crippen molar-refractivity contribution < 1.29 is 8.42 Å². The molecule has 2 N–H and O–H groups in total. The van der Waals surface area contributed by atoms with Crippen molar-refractivity contribution in [3.63, 3.8) is 0 Å². The summed E-state index contributed by atoms with van der Waals surface area (Å²) in [6.07, 6.45) is 3.93. The molecule has 0 fully saturated rings. The van der Waals surface area contributed by atoms with Crippen LogP contribution in [-0.2, 0) is 10.0 Å². The lowest BCUT2D eigenvalue weighted by molar-refractivity contribution is 0.593. The summed E-state index contributed by atoms with van der Waals surface area (Å²) in [5.41, 5.74) is 0.262. The van der Waals surface area contributed by atoms with Crippen LogP contribution in [0.1, 0.15) is 0 Å². The second-order valence-corrected chi connectivity index (χ2v) is 4.42. The zero-order valence-electron chi connectivity index (χ0n) is 6.75. The molecule has 8 heteroatoms. The van der Waals surface area contributed by atoms with Gasteiger partial charge in [-0.15, -0.1) is 0 Å². The number of fused-ring (bicyclic) bond motifs is 1. The third-order valence-electron chi connectivity index (χ3n) is 1.64. The summed E-state index contributed by atoms with van der Waals surface area (Å²) in [6, 6.07) is 0. The molecule has 0 aliphatic carbocycles. The Kier molecular flexibility index (Phi) is 1.95. The highest BCUT2D eigenvalue weighted by atomic mass is 35.5. The number of sulfonamides is 1. The van der Waals surface area contributed by atoms with Gasteiger partial charge in [0.25, 0.3) is 10.0 Å². The fraction of sp³-hybridized carbons (Fsp3) is 0. The molecule has 2 heterocycles. The molecule has 0 unspecified atom stereocenters. The zero-order chi connectivity index (χ0) is 10.3. The van der Waals surface area contributed by atoms with Gasteiger partial charge < -0.3 is 0 Å². The first kappa shape index (κ1) is 9.38. The molecule has 0 aliphatic heterocycles. The highest BCUT2D eigenvalue weighted by Gasteiger charge is 2.15. The van der Waals surface area contributed by atoms with E-state index in [1.54, 1.807) is 0 Å². The molecule has 6 nitrogen and oxygen atoms in total. The molecule has 0 aromatic carbocycles. The predicted octanol–water partition coefficient (Wildman–Crippen LogP) is 0.0301. The molecule has 2 rings (SSSR count). The quantitative estimate of drug-likeness (QED) is 0.751. The predicted molar refractivity (Wildman–Crippen MR) is 49.4 cm³/mol. The minimum absolute atomic E-state index is 0.114. The lowest BCUT2D eigenvalue weighted by Crippen LogP contribution is -2.14. The van der Waals surface area contributed by atoms with Gasteiger partial charge in [0.1, 0.15) is 0 Å². The van der Waals surface area contributed by atoms with Crippen LogP contribution < -0.4 is 5.14 Å². The molecule has 0 spiro atoms. The van der Waals surface area contributed by atoms with Crippen molar-refractivity contribution in [3.05, 3.63) is 23.7 Å². The molecule has 14 heavy (non-hydrogen) atoms. The first-order valence-corrected chi connectivity index (χ1v) is 5.43. The average Bonchev–Trinajstić information content (AvgIpc) is 2.47. The molecule has 0 atom stereocenters. The van der Waals surface area contributed by atoms with Gasteiger partial charge in [-0.3, -0.25) is 4.40 Å². The first-order valence-electron chi connectivity index (χ1n) is 3.50. The number of hydrogen-bond donors (Lipinski definition) is 1. The number of aromatic nitrogens is 3. The Labute approximate surface area is 84.4 Å². The van der Waals surface area contributed by atoms with Gasteiger partial charge in [-0.25, -0.2) is 23.5 Å². The third kappa shape index (κ3) is 1.35. The van der Waals surface area contributed by atoms with E-state index in [9.17, 15) is 8.42 Å². The second kappa shape index (κ2) is 2.91. The fourth-order valence-corrected chi connectivity index (χ4v) is 1.89. The van der Waals surface area contributed by atoms with E-state index >= 15 is 0 Å². The van der Waals surface area contributed by atoms with Crippen LogP contribution in [0.4, 0.5) is 0 Å². The van der Waals surface area contributed by atoms with Crippen molar-refractivity contribution >= 4 is 27.3 Å². The Morgan fingerprint density at radius 1 is 1.43 bits per heavy atom. The van der Waals surface area contributed by atoms with Gasteiger partial charge in [-0.2, -0.15) is 0 Å². The molecule has 0 aliphatic rings. The number of nitrogens with two attached hydrogens (primary N) is 1. The summed E-state index contributed by atoms with van der Waals surface area (Å²) >= 11 is 5.69. The number of rotatable bonds is 1. The molecule has 0 bridgehead atoms. The van der Waals surface area contributed by atoms with Crippen molar-refractivity contribution in [2.75, 3.05) is 0 Å².